The van der Waals surface area contributed by atoms with Gasteiger partial charge < -0.3 is 15.4 Å². The molecule has 0 fully saturated rings. The molecule has 0 saturated heterocycles. The van der Waals surface area contributed by atoms with E-state index >= 15 is 0 Å². The Morgan fingerprint density at radius 2 is 1.65 bits per heavy atom. The zero-order valence-electron chi connectivity index (χ0n) is 14.7. The lowest BCUT2D eigenvalue weighted by Gasteiger charge is -2.10. The Morgan fingerprint density at radius 3 is 2.38 bits per heavy atom. The topological polar surface area (TPSA) is 50.4 Å². The number of aryl methyl sites for hydroxylation is 1. The zero-order chi connectivity index (χ0) is 18.2. The molecule has 0 heterocycles. The van der Waals surface area contributed by atoms with Gasteiger partial charge in [0, 0.05) is 11.4 Å². The normalized spacial score (nSPS) is 10.2. The van der Waals surface area contributed by atoms with Gasteiger partial charge in [-0.2, -0.15) is 0 Å². The van der Waals surface area contributed by atoms with Gasteiger partial charge in [0.15, 0.2) is 0 Å². The summed E-state index contributed by atoms with van der Waals surface area (Å²) in [5, 5.41) is 5.99. The second-order valence-corrected chi connectivity index (χ2v) is 6.07. The quantitative estimate of drug-likeness (QED) is 0.656. The van der Waals surface area contributed by atoms with Gasteiger partial charge in [0.05, 0.1) is 6.54 Å². The Labute approximate surface area is 153 Å². The van der Waals surface area contributed by atoms with Crippen molar-refractivity contribution < 1.29 is 9.53 Å². The molecule has 3 rings (SSSR count). The predicted molar refractivity (Wildman–Crippen MR) is 106 cm³/mol. The second-order valence-electron chi connectivity index (χ2n) is 6.07. The molecular formula is C22H22N2O2. The average Bonchev–Trinajstić information content (AvgIpc) is 2.67. The minimum Gasteiger partial charge on any atom is -0.489 e. The molecule has 4 heteroatoms. The van der Waals surface area contributed by atoms with E-state index in [0.717, 1.165) is 28.3 Å². The van der Waals surface area contributed by atoms with Crippen LogP contribution in [0.4, 0.5) is 11.4 Å². The summed E-state index contributed by atoms with van der Waals surface area (Å²) in [6.07, 6.45) is 0. The largest absolute Gasteiger partial charge is 0.489 e. The van der Waals surface area contributed by atoms with Crippen molar-refractivity contribution in [2.24, 2.45) is 0 Å². The smallest absolute Gasteiger partial charge is 0.243 e. The van der Waals surface area contributed by atoms with Gasteiger partial charge in [-0.25, -0.2) is 0 Å². The molecule has 0 aliphatic heterocycles. The molecule has 0 bridgehead atoms. The summed E-state index contributed by atoms with van der Waals surface area (Å²) < 4.78 is 5.74. The fraction of sp³-hybridized carbons (Fsp3) is 0.136. The summed E-state index contributed by atoms with van der Waals surface area (Å²) in [6.45, 7) is 2.76. The first kappa shape index (κ1) is 17.5. The molecule has 0 aromatic heterocycles. The summed E-state index contributed by atoms with van der Waals surface area (Å²) in [5.74, 6) is 0.675. The van der Waals surface area contributed by atoms with E-state index in [4.69, 9.17) is 4.74 Å². The van der Waals surface area contributed by atoms with Crippen LogP contribution in [0.15, 0.2) is 78.9 Å². The Bertz CT molecular complexity index is 846. The van der Waals surface area contributed by atoms with E-state index < -0.39 is 0 Å². The monoisotopic (exact) mass is 346 g/mol. The molecule has 26 heavy (non-hydrogen) atoms. The lowest BCUT2D eigenvalue weighted by Crippen LogP contribution is -2.21. The number of hydrogen-bond acceptors (Lipinski definition) is 3. The van der Waals surface area contributed by atoms with Crippen LogP contribution < -0.4 is 15.4 Å². The number of anilines is 2. The van der Waals surface area contributed by atoms with E-state index in [9.17, 15) is 4.79 Å². The highest BCUT2D eigenvalue weighted by atomic mass is 16.5. The molecule has 2 N–H and O–H groups in total. The molecule has 0 aliphatic rings. The molecule has 4 nitrogen and oxygen atoms in total. The van der Waals surface area contributed by atoms with Crippen molar-refractivity contribution in [3.63, 3.8) is 0 Å². The molecule has 0 radical (unpaired) electrons. The summed E-state index contributed by atoms with van der Waals surface area (Å²) in [7, 11) is 0. The van der Waals surface area contributed by atoms with Gasteiger partial charge in [-0.15, -0.1) is 0 Å². The minimum absolute atomic E-state index is 0.0931. The third-order valence-corrected chi connectivity index (χ3v) is 3.86. The highest BCUT2D eigenvalue weighted by Gasteiger charge is 2.03. The molecule has 3 aromatic rings. The van der Waals surface area contributed by atoms with Crippen LogP contribution in [-0.4, -0.2) is 12.5 Å². The van der Waals surface area contributed by atoms with E-state index in [1.807, 2.05) is 85.8 Å². The SMILES string of the molecule is Cc1cccc(NCC(=O)Nc2ccc(OCc3ccccc3)cc2)c1. The van der Waals surface area contributed by atoms with Crippen LogP contribution in [0.2, 0.25) is 0 Å². The third-order valence-electron chi connectivity index (χ3n) is 3.86. The van der Waals surface area contributed by atoms with E-state index in [-0.39, 0.29) is 12.5 Å². The van der Waals surface area contributed by atoms with Gasteiger partial charge in [-0.1, -0.05) is 42.5 Å². The molecule has 0 unspecified atom stereocenters. The van der Waals surface area contributed by atoms with Gasteiger partial charge in [0.25, 0.3) is 0 Å². The average molecular weight is 346 g/mol. The first-order valence-electron chi connectivity index (χ1n) is 8.56. The van der Waals surface area contributed by atoms with Gasteiger partial charge in [-0.3, -0.25) is 4.79 Å². The van der Waals surface area contributed by atoms with E-state index in [1.165, 1.54) is 0 Å². The molecule has 132 valence electrons. The van der Waals surface area contributed by atoms with Crippen molar-refractivity contribution in [2.45, 2.75) is 13.5 Å². The van der Waals surface area contributed by atoms with Crippen molar-refractivity contribution in [3.05, 3.63) is 90.0 Å². The summed E-state index contributed by atoms with van der Waals surface area (Å²) in [4.78, 5) is 12.1. The summed E-state index contributed by atoms with van der Waals surface area (Å²) in [6, 6.07) is 25.3. The second kappa shape index (κ2) is 8.72. The minimum atomic E-state index is -0.0931. The number of rotatable bonds is 7. The Kier molecular flexibility index (Phi) is 5.88. The van der Waals surface area contributed by atoms with E-state index in [1.54, 1.807) is 0 Å². The van der Waals surface area contributed by atoms with Crippen LogP contribution in [0, 0.1) is 6.92 Å². The molecule has 3 aromatic carbocycles. The summed E-state index contributed by atoms with van der Waals surface area (Å²) in [5.41, 5.74) is 3.95. The van der Waals surface area contributed by atoms with Crippen molar-refractivity contribution in [3.8, 4) is 5.75 Å². The van der Waals surface area contributed by atoms with Gasteiger partial charge in [0.2, 0.25) is 5.91 Å². The number of carbonyl (C=O) groups is 1. The van der Waals surface area contributed by atoms with Gasteiger partial charge >= 0.3 is 0 Å². The van der Waals surface area contributed by atoms with Crippen LogP contribution >= 0.6 is 0 Å². The fourth-order valence-electron chi connectivity index (χ4n) is 2.52. The Hall–Kier alpha value is -3.27. The molecule has 0 spiro atoms. The fourth-order valence-corrected chi connectivity index (χ4v) is 2.52. The van der Waals surface area contributed by atoms with Crippen molar-refractivity contribution in [2.75, 3.05) is 17.2 Å². The Morgan fingerprint density at radius 1 is 0.885 bits per heavy atom. The maximum Gasteiger partial charge on any atom is 0.243 e. The molecular weight excluding hydrogens is 324 g/mol. The maximum absolute atomic E-state index is 12.1. The van der Waals surface area contributed by atoms with Crippen LogP contribution in [0.5, 0.6) is 5.75 Å². The van der Waals surface area contributed by atoms with Gasteiger partial charge in [0.1, 0.15) is 12.4 Å². The maximum atomic E-state index is 12.1. The number of nitrogens with one attached hydrogen (secondary N) is 2. The van der Waals surface area contributed by atoms with Crippen LogP contribution in [-0.2, 0) is 11.4 Å². The first-order chi connectivity index (χ1) is 12.7. The Balaban J connectivity index is 1.46. The molecule has 1 amide bonds. The molecule has 0 saturated carbocycles. The number of ether oxygens (including phenoxy) is 1. The number of benzene rings is 3. The lowest BCUT2D eigenvalue weighted by molar-refractivity contribution is -0.114. The predicted octanol–water partition coefficient (Wildman–Crippen LogP) is 4.62. The van der Waals surface area contributed by atoms with Crippen molar-refractivity contribution in [1.29, 1.82) is 0 Å². The van der Waals surface area contributed by atoms with Crippen molar-refractivity contribution >= 4 is 17.3 Å². The standard InChI is InChI=1S/C22H22N2O2/c1-17-6-5-9-20(14-17)23-15-22(25)24-19-10-12-21(13-11-19)26-16-18-7-3-2-4-8-18/h2-14,23H,15-16H2,1H3,(H,24,25). The van der Waals surface area contributed by atoms with Crippen LogP contribution in [0.1, 0.15) is 11.1 Å². The lowest BCUT2D eigenvalue weighted by atomic mass is 10.2. The highest BCUT2D eigenvalue weighted by molar-refractivity contribution is 5.93. The third kappa shape index (κ3) is 5.38. The van der Waals surface area contributed by atoms with Crippen LogP contribution in [0.25, 0.3) is 0 Å². The number of amides is 1. The van der Waals surface area contributed by atoms with Gasteiger partial charge in [-0.05, 0) is 54.4 Å². The number of carbonyl (C=O) groups excluding carboxylic acids is 1. The first-order valence-corrected chi connectivity index (χ1v) is 8.56. The van der Waals surface area contributed by atoms with Crippen LogP contribution in [0.3, 0.4) is 0 Å². The van der Waals surface area contributed by atoms with E-state index in [0.29, 0.717) is 6.61 Å². The molecule has 0 aliphatic carbocycles. The highest BCUT2D eigenvalue weighted by Crippen LogP contribution is 2.17. The number of hydrogen-bond donors (Lipinski definition) is 2. The van der Waals surface area contributed by atoms with E-state index in [2.05, 4.69) is 10.6 Å². The van der Waals surface area contributed by atoms with Crippen molar-refractivity contribution in [1.82, 2.24) is 0 Å². The zero-order valence-corrected chi connectivity index (χ0v) is 14.7. The molecule has 0 atom stereocenters. The summed E-state index contributed by atoms with van der Waals surface area (Å²) >= 11 is 0.